The predicted molar refractivity (Wildman–Crippen MR) is 91.8 cm³/mol. The standard InChI is InChI=1S/C18H26N4O2/c1-4-16-19-17(21-20-16)12-22-11-5-6-15(22)18(2,23)13-7-9-14(24-3)10-8-13/h7-10,15,23H,4-6,11-12H2,1-3H3,(H,19,20,21)/t15-,18-/m1/s1. The summed E-state index contributed by atoms with van der Waals surface area (Å²) in [7, 11) is 1.65. The molecule has 0 unspecified atom stereocenters. The molecule has 2 N–H and O–H groups in total. The lowest BCUT2D eigenvalue weighted by molar-refractivity contribution is -0.0261. The van der Waals surface area contributed by atoms with Gasteiger partial charge in [-0.3, -0.25) is 10.00 Å². The molecule has 1 aromatic carbocycles. The fraction of sp³-hybridized carbons (Fsp3) is 0.556. The minimum absolute atomic E-state index is 0.0565. The average Bonchev–Trinajstić information content (AvgIpc) is 3.25. The fourth-order valence-corrected chi connectivity index (χ4v) is 3.53. The van der Waals surface area contributed by atoms with E-state index >= 15 is 0 Å². The highest BCUT2D eigenvalue weighted by molar-refractivity contribution is 5.31. The van der Waals surface area contributed by atoms with Crippen molar-refractivity contribution in [2.45, 2.75) is 51.3 Å². The summed E-state index contributed by atoms with van der Waals surface area (Å²) < 4.78 is 5.21. The summed E-state index contributed by atoms with van der Waals surface area (Å²) in [6, 6.07) is 7.74. The molecule has 6 nitrogen and oxygen atoms in total. The molecule has 0 spiro atoms. The zero-order valence-electron chi connectivity index (χ0n) is 14.6. The van der Waals surface area contributed by atoms with Crippen molar-refractivity contribution in [1.82, 2.24) is 20.1 Å². The molecule has 0 radical (unpaired) electrons. The van der Waals surface area contributed by atoms with Crippen LogP contribution in [0.3, 0.4) is 0 Å². The van der Waals surface area contributed by atoms with Gasteiger partial charge >= 0.3 is 0 Å². The molecule has 2 atom stereocenters. The summed E-state index contributed by atoms with van der Waals surface area (Å²) in [5.74, 6) is 2.50. The summed E-state index contributed by atoms with van der Waals surface area (Å²) in [6.07, 6.45) is 2.86. The Morgan fingerprint density at radius 2 is 2.12 bits per heavy atom. The van der Waals surface area contributed by atoms with Gasteiger partial charge in [0.25, 0.3) is 0 Å². The van der Waals surface area contributed by atoms with Crippen molar-refractivity contribution in [3.05, 3.63) is 41.5 Å². The van der Waals surface area contributed by atoms with Crippen LogP contribution >= 0.6 is 0 Å². The van der Waals surface area contributed by atoms with Gasteiger partial charge in [0.15, 0.2) is 0 Å². The van der Waals surface area contributed by atoms with Gasteiger partial charge in [-0.2, -0.15) is 5.10 Å². The lowest BCUT2D eigenvalue weighted by Crippen LogP contribution is -2.45. The molecule has 1 saturated heterocycles. The molecule has 6 heteroatoms. The normalized spacial score (nSPS) is 20.9. The van der Waals surface area contributed by atoms with Gasteiger partial charge in [-0.05, 0) is 44.0 Å². The zero-order chi connectivity index (χ0) is 17.2. The molecular weight excluding hydrogens is 304 g/mol. The Hall–Kier alpha value is -1.92. The van der Waals surface area contributed by atoms with Gasteiger partial charge in [0.1, 0.15) is 23.0 Å². The number of methoxy groups -OCH3 is 1. The van der Waals surface area contributed by atoms with Gasteiger partial charge in [-0.25, -0.2) is 4.98 Å². The summed E-state index contributed by atoms with van der Waals surface area (Å²) in [4.78, 5) is 6.79. The van der Waals surface area contributed by atoms with E-state index in [1.165, 1.54) is 0 Å². The maximum Gasteiger partial charge on any atom is 0.150 e. The smallest absolute Gasteiger partial charge is 0.150 e. The Morgan fingerprint density at radius 1 is 1.38 bits per heavy atom. The largest absolute Gasteiger partial charge is 0.497 e. The van der Waals surface area contributed by atoms with Crippen molar-refractivity contribution in [3.8, 4) is 5.75 Å². The molecule has 1 fully saturated rings. The first kappa shape index (κ1) is 16.9. The highest BCUT2D eigenvalue weighted by atomic mass is 16.5. The molecule has 1 aromatic heterocycles. The van der Waals surface area contributed by atoms with Crippen LogP contribution in [0.1, 0.15) is 43.9 Å². The Bertz CT molecular complexity index is 666. The molecular formula is C18H26N4O2. The maximum atomic E-state index is 11.2. The SMILES string of the molecule is CCc1n[nH]c(CN2CCC[C@@H]2[C@](C)(O)c2ccc(OC)cc2)n1. The number of aryl methyl sites for hydroxylation is 1. The second-order valence-electron chi connectivity index (χ2n) is 6.56. The predicted octanol–water partition coefficient (Wildman–Crippen LogP) is 2.25. The van der Waals surface area contributed by atoms with E-state index in [1.807, 2.05) is 38.1 Å². The molecule has 0 bridgehead atoms. The van der Waals surface area contributed by atoms with Crippen molar-refractivity contribution in [1.29, 1.82) is 0 Å². The number of nitrogens with zero attached hydrogens (tertiary/aromatic N) is 3. The van der Waals surface area contributed by atoms with Crippen LogP contribution in [0.5, 0.6) is 5.75 Å². The van der Waals surface area contributed by atoms with Gasteiger partial charge in [0, 0.05) is 12.5 Å². The fourth-order valence-electron chi connectivity index (χ4n) is 3.53. The van der Waals surface area contributed by atoms with Gasteiger partial charge < -0.3 is 9.84 Å². The van der Waals surface area contributed by atoms with Crippen molar-refractivity contribution in [2.24, 2.45) is 0 Å². The minimum Gasteiger partial charge on any atom is -0.497 e. The molecule has 24 heavy (non-hydrogen) atoms. The number of benzene rings is 1. The van der Waals surface area contributed by atoms with Crippen LogP contribution in [0.25, 0.3) is 0 Å². The Labute approximate surface area is 142 Å². The first-order chi connectivity index (χ1) is 11.5. The lowest BCUT2D eigenvalue weighted by atomic mass is 9.86. The van der Waals surface area contributed by atoms with Crippen LogP contribution in [0.15, 0.2) is 24.3 Å². The Balaban J connectivity index is 1.77. The highest BCUT2D eigenvalue weighted by Gasteiger charge is 2.40. The van der Waals surface area contributed by atoms with Gasteiger partial charge in [0.2, 0.25) is 0 Å². The summed E-state index contributed by atoms with van der Waals surface area (Å²) in [5.41, 5.74) is -0.0110. The van der Waals surface area contributed by atoms with E-state index in [1.54, 1.807) is 7.11 Å². The lowest BCUT2D eigenvalue weighted by Gasteiger charge is -2.36. The van der Waals surface area contributed by atoms with Crippen LogP contribution in [0, 0.1) is 0 Å². The van der Waals surface area contributed by atoms with E-state index < -0.39 is 5.60 Å². The Kier molecular flexibility index (Phi) is 4.87. The first-order valence-corrected chi connectivity index (χ1v) is 8.55. The summed E-state index contributed by atoms with van der Waals surface area (Å²) in [5, 5.41) is 18.4. The number of likely N-dealkylation sites (tertiary alicyclic amines) is 1. The maximum absolute atomic E-state index is 11.2. The van der Waals surface area contributed by atoms with Crippen molar-refractivity contribution < 1.29 is 9.84 Å². The van der Waals surface area contributed by atoms with Gasteiger partial charge in [-0.1, -0.05) is 19.1 Å². The number of ether oxygens (including phenoxy) is 1. The van der Waals surface area contributed by atoms with E-state index in [0.717, 1.165) is 48.8 Å². The van der Waals surface area contributed by atoms with E-state index in [4.69, 9.17) is 4.74 Å². The average molecular weight is 330 g/mol. The summed E-state index contributed by atoms with van der Waals surface area (Å²) >= 11 is 0. The van der Waals surface area contributed by atoms with Crippen molar-refractivity contribution in [2.75, 3.05) is 13.7 Å². The minimum atomic E-state index is -0.920. The number of H-pyrrole nitrogens is 1. The number of aromatic amines is 1. The Morgan fingerprint density at radius 3 is 2.75 bits per heavy atom. The van der Waals surface area contributed by atoms with Crippen LogP contribution < -0.4 is 4.74 Å². The third kappa shape index (κ3) is 3.30. The molecule has 1 aliphatic rings. The van der Waals surface area contributed by atoms with Crippen LogP contribution in [-0.4, -0.2) is 44.9 Å². The van der Waals surface area contributed by atoms with Crippen molar-refractivity contribution in [3.63, 3.8) is 0 Å². The second-order valence-corrected chi connectivity index (χ2v) is 6.56. The van der Waals surface area contributed by atoms with E-state index in [0.29, 0.717) is 6.54 Å². The van der Waals surface area contributed by atoms with E-state index in [9.17, 15) is 5.11 Å². The van der Waals surface area contributed by atoms with Crippen LogP contribution in [0.4, 0.5) is 0 Å². The molecule has 0 aliphatic carbocycles. The number of aromatic nitrogens is 3. The molecule has 0 saturated carbocycles. The molecule has 1 aliphatic heterocycles. The molecule has 2 aromatic rings. The number of nitrogens with one attached hydrogen (secondary N) is 1. The number of rotatable bonds is 6. The molecule has 130 valence electrons. The quantitative estimate of drug-likeness (QED) is 0.850. The van der Waals surface area contributed by atoms with Crippen LogP contribution in [0.2, 0.25) is 0 Å². The topological polar surface area (TPSA) is 74.3 Å². The zero-order valence-corrected chi connectivity index (χ0v) is 14.6. The number of hydrogen-bond acceptors (Lipinski definition) is 5. The first-order valence-electron chi connectivity index (χ1n) is 8.55. The third-order valence-electron chi connectivity index (χ3n) is 4.93. The second kappa shape index (κ2) is 6.91. The van der Waals surface area contributed by atoms with Gasteiger partial charge in [0.05, 0.1) is 13.7 Å². The highest BCUT2D eigenvalue weighted by Crippen LogP contribution is 2.35. The molecule has 3 rings (SSSR count). The summed E-state index contributed by atoms with van der Waals surface area (Å²) in [6.45, 7) is 5.58. The molecule has 0 amide bonds. The van der Waals surface area contributed by atoms with E-state index in [2.05, 4.69) is 20.1 Å². The van der Waals surface area contributed by atoms with Crippen molar-refractivity contribution >= 4 is 0 Å². The monoisotopic (exact) mass is 330 g/mol. The number of hydrogen-bond donors (Lipinski definition) is 2. The van der Waals surface area contributed by atoms with Gasteiger partial charge in [-0.15, -0.1) is 0 Å². The third-order valence-corrected chi connectivity index (χ3v) is 4.93. The van der Waals surface area contributed by atoms with Crippen LogP contribution in [-0.2, 0) is 18.6 Å². The number of aliphatic hydroxyl groups is 1. The molecule has 2 heterocycles. The van der Waals surface area contributed by atoms with E-state index in [-0.39, 0.29) is 6.04 Å².